The Morgan fingerprint density at radius 2 is 2.07 bits per heavy atom. The molecule has 0 aliphatic heterocycles. The molecule has 27 heavy (non-hydrogen) atoms. The molecule has 0 fully saturated rings. The van der Waals surface area contributed by atoms with Crippen LogP contribution in [0.5, 0.6) is 0 Å². The van der Waals surface area contributed by atoms with Gasteiger partial charge in [0.1, 0.15) is 0 Å². The van der Waals surface area contributed by atoms with Crippen LogP contribution < -0.4 is 0 Å². The van der Waals surface area contributed by atoms with Crippen molar-refractivity contribution in [2.24, 2.45) is 0 Å². The number of fused-ring (bicyclic) bond motifs is 1. The lowest BCUT2D eigenvalue weighted by Gasteiger charge is -2.07. The molecule has 0 bridgehead atoms. The third-order valence-corrected chi connectivity index (χ3v) is 5.07. The minimum Gasteiger partial charge on any atom is -0.361 e. The molecular formula is C22H13BrClN3. The van der Waals surface area contributed by atoms with Crippen LogP contribution in [0.25, 0.3) is 33.7 Å². The normalized spacial score (nSPS) is 11.5. The number of pyridine rings is 1. The van der Waals surface area contributed by atoms with Gasteiger partial charge in [0, 0.05) is 50.1 Å². The number of hydrogen-bond acceptors (Lipinski definition) is 2. The van der Waals surface area contributed by atoms with Crippen molar-refractivity contribution in [3.8, 4) is 17.2 Å². The molecule has 0 saturated carbocycles. The van der Waals surface area contributed by atoms with Crippen LogP contribution in [0.15, 0.2) is 71.6 Å². The van der Waals surface area contributed by atoms with Crippen LogP contribution in [0, 0.1) is 11.3 Å². The van der Waals surface area contributed by atoms with E-state index in [0.717, 1.165) is 37.6 Å². The van der Waals surface area contributed by atoms with Gasteiger partial charge in [-0.25, -0.2) is 0 Å². The Morgan fingerprint density at radius 1 is 1.19 bits per heavy atom. The van der Waals surface area contributed by atoms with Crippen LogP contribution in [0.3, 0.4) is 0 Å². The van der Waals surface area contributed by atoms with E-state index in [9.17, 15) is 5.26 Å². The zero-order chi connectivity index (χ0) is 18.8. The predicted octanol–water partition coefficient (Wildman–Crippen LogP) is 6.71. The molecule has 2 aromatic carbocycles. The average molecular weight is 435 g/mol. The maximum Gasteiger partial charge on any atom is 0.0998 e. The van der Waals surface area contributed by atoms with Crippen molar-refractivity contribution in [1.82, 2.24) is 9.97 Å². The number of benzene rings is 2. The number of halogens is 2. The van der Waals surface area contributed by atoms with E-state index < -0.39 is 0 Å². The largest absolute Gasteiger partial charge is 0.361 e. The van der Waals surface area contributed by atoms with Gasteiger partial charge in [-0.3, -0.25) is 4.98 Å². The molecule has 5 heteroatoms. The van der Waals surface area contributed by atoms with E-state index >= 15 is 0 Å². The zero-order valence-corrected chi connectivity index (χ0v) is 16.4. The molecule has 0 aliphatic carbocycles. The van der Waals surface area contributed by atoms with Gasteiger partial charge in [0.2, 0.25) is 0 Å². The predicted molar refractivity (Wildman–Crippen MR) is 114 cm³/mol. The minimum atomic E-state index is 0.549. The maximum atomic E-state index is 9.80. The van der Waals surface area contributed by atoms with Crippen molar-refractivity contribution in [3.63, 3.8) is 0 Å². The summed E-state index contributed by atoms with van der Waals surface area (Å²) >= 11 is 9.66. The molecule has 0 unspecified atom stereocenters. The molecule has 0 aliphatic rings. The second kappa shape index (κ2) is 7.40. The Kier molecular flexibility index (Phi) is 4.81. The monoisotopic (exact) mass is 433 g/mol. The Balaban J connectivity index is 1.87. The van der Waals surface area contributed by atoms with Gasteiger partial charge in [-0.15, -0.1) is 0 Å². The first-order chi connectivity index (χ1) is 13.2. The molecule has 1 N–H and O–H groups in total. The number of nitrogens with one attached hydrogen (secondary N) is 1. The second-order valence-electron chi connectivity index (χ2n) is 6.04. The summed E-state index contributed by atoms with van der Waals surface area (Å²) in [6.45, 7) is 0. The molecule has 4 aromatic rings. The Labute approximate surface area is 170 Å². The third-order valence-electron chi connectivity index (χ3n) is 4.34. The summed E-state index contributed by atoms with van der Waals surface area (Å²) in [6, 6.07) is 17.9. The highest BCUT2D eigenvalue weighted by Gasteiger charge is 2.11. The quantitative estimate of drug-likeness (QED) is 0.364. The van der Waals surface area contributed by atoms with Crippen LogP contribution in [0.1, 0.15) is 11.1 Å². The zero-order valence-electron chi connectivity index (χ0n) is 14.1. The Bertz CT molecular complexity index is 1220. The number of aromatic amines is 1. The molecule has 0 spiro atoms. The number of nitrogens with zero attached hydrogens (tertiary/aromatic N) is 2. The van der Waals surface area contributed by atoms with Crippen LogP contribution in [-0.2, 0) is 0 Å². The fraction of sp³-hybridized carbons (Fsp3) is 0. The van der Waals surface area contributed by atoms with E-state index in [2.05, 4.69) is 32.0 Å². The summed E-state index contributed by atoms with van der Waals surface area (Å²) in [4.78, 5) is 7.44. The summed E-state index contributed by atoms with van der Waals surface area (Å²) in [6.07, 6.45) is 7.23. The topological polar surface area (TPSA) is 52.5 Å². The van der Waals surface area contributed by atoms with Crippen molar-refractivity contribution < 1.29 is 0 Å². The highest BCUT2D eigenvalue weighted by molar-refractivity contribution is 9.10. The van der Waals surface area contributed by atoms with E-state index in [1.807, 2.05) is 60.8 Å². The summed E-state index contributed by atoms with van der Waals surface area (Å²) in [5.74, 6) is 0. The number of rotatable bonds is 3. The van der Waals surface area contributed by atoms with Crippen LogP contribution >= 0.6 is 27.5 Å². The van der Waals surface area contributed by atoms with E-state index in [-0.39, 0.29) is 0 Å². The standard InChI is InChI=1S/C22H13BrClN3/c23-17-3-1-2-14(9-17)19-6-7-26-12-16(19)8-15(11-25)21-13-27-22-5-4-18(24)10-20(21)22/h1-10,12-13,27H/b15-8-. The van der Waals surface area contributed by atoms with E-state index in [1.54, 1.807) is 12.4 Å². The summed E-state index contributed by atoms with van der Waals surface area (Å²) in [5, 5.41) is 11.4. The molecule has 0 amide bonds. The van der Waals surface area contributed by atoms with Crippen LogP contribution in [-0.4, -0.2) is 9.97 Å². The first-order valence-corrected chi connectivity index (χ1v) is 9.41. The molecule has 0 atom stereocenters. The van der Waals surface area contributed by atoms with E-state index in [0.29, 0.717) is 10.6 Å². The third kappa shape index (κ3) is 3.52. The first-order valence-electron chi connectivity index (χ1n) is 8.24. The number of H-pyrrole nitrogens is 1. The number of aromatic nitrogens is 2. The van der Waals surface area contributed by atoms with Crippen molar-refractivity contribution in [2.45, 2.75) is 0 Å². The SMILES string of the molecule is N#C/C(=C/c1cnccc1-c1cccc(Br)c1)c1c[nH]c2ccc(Cl)cc12. The molecule has 0 saturated heterocycles. The fourth-order valence-corrected chi connectivity index (χ4v) is 3.65. The van der Waals surface area contributed by atoms with Crippen LogP contribution in [0.2, 0.25) is 5.02 Å². The summed E-state index contributed by atoms with van der Waals surface area (Å²) in [7, 11) is 0. The molecule has 3 nitrogen and oxygen atoms in total. The van der Waals surface area contributed by atoms with Crippen molar-refractivity contribution in [3.05, 3.63) is 87.7 Å². The highest BCUT2D eigenvalue weighted by Crippen LogP contribution is 2.31. The van der Waals surface area contributed by atoms with E-state index in [1.165, 1.54) is 0 Å². The molecular weight excluding hydrogens is 422 g/mol. The second-order valence-corrected chi connectivity index (χ2v) is 7.39. The van der Waals surface area contributed by atoms with Gasteiger partial charge in [-0.2, -0.15) is 5.26 Å². The highest BCUT2D eigenvalue weighted by atomic mass is 79.9. The average Bonchev–Trinajstić information content (AvgIpc) is 3.09. The lowest BCUT2D eigenvalue weighted by molar-refractivity contribution is 1.32. The number of hydrogen-bond donors (Lipinski definition) is 1. The van der Waals surface area contributed by atoms with Crippen molar-refractivity contribution in [2.75, 3.05) is 0 Å². The molecule has 130 valence electrons. The molecule has 0 radical (unpaired) electrons. The molecule has 4 rings (SSSR count). The van der Waals surface area contributed by atoms with Gasteiger partial charge in [0.05, 0.1) is 11.6 Å². The van der Waals surface area contributed by atoms with Gasteiger partial charge in [0.15, 0.2) is 0 Å². The lowest BCUT2D eigenvalue weighted by Crippen LogP contribution is -1.87. The Hall–Kier alpha value is -2.87. The van der Waals surface area contributed by atoms with Crippen molar-refractivity contribution in [1.29, 1.82) is 5.26 Å². The summed E-state index contributed by atoms with van der Waals surface area (Å²) < 4.78 is 0.999. The number of allylic oxidation sites excluding steroid dienone is 1. The van der Waals surface area contributed by atoms with Crippen LogP contribution in [0.4, 0.5) is 0 Å². The Morgan fingerprint density at radius 3 is 2.89 bits per heavy atom. The van der Waals surface area contributed by atoms with E-state index in [4.69, 9.17) is 11.6 Å². The summed E-state index contributed by atoms with van der Waals surface area (Å²) in [5.41, 5.74) is 5.25. The van der Waals surface area contributed by atoms with Gasteiger partial charge < -0.3 is 4.98 Å². The fourth-order valence-electron chi connectivity index (χ4n) is 3.08. The maximum absolute atomic E-state index is 9.80. The van der Waals surface area contributed by atoms with Gasteiger partial charge in [-0.1, -0.05) is 39.7 Å². The minimum absolute atomic E-state index is 0.549. The van der Waals surface area contributed by atoms with Crippen molar-refractivity contribution >= 4 is 50.1 Å². The molecule has 2 aromatic heterocycles. The van der Waals surface area contributed by atoms with Gasteiger partial charge in [-0.05, 0) is 53.6 Å². The van der Waals surface area contributed by atoms with Gasteiger partial charge >= 0.3 is 0 Å². The smallest absolute Gasteiger partial charge is 0.0998 e. The molecule has 2 heterocycles. The van der Waals surface area contributed by atoms with Gasteiger partial charge in [0.25, 0.3) is 0 Å². The first kappa shape index (κ1) is 17.5. The lowest BCUT2D eigenvalue weighted by atomic mass is 9.98. The number of nitriles is 1.